The Morgan fingerprint density at radius 2 is 2.33 bits per heavy atom. The van der Waals surface area contributed by atoms with Crippen LogP contribution in [-0.4, -0.2) is 19.8 Å². The minimum absolute atomic E-state index is 0.162. The third-order valence-electron chi connectivity index (χ3n) is 1.22. The largest absolute Gasteiger partial charge is 0.595 e. The van der Waals surface area contributed by atoms with E-state index in [-0.39, 0.29) is 6.54 Å². The van der Waals surface area contributed by atoms with E-state index in [4.69, 9.17) is 0 Å². The smallest absolute Gasteiger partial charge is 0.229 e. The van der Waals surface area contributed by atoms with Crippen molar-refractivity contribution >= 4 is 0 Å². The molecule has 1 aliphatic rings. The van der Waals surface area contributed by atoms with Crippen LogP contribution in [0.2, 0.25) is 0 Å². The summed E-state index contributed by atoms with van der Waals surface area (Å²) in [5.74, 6) is 0. The van der Waals surface area contributed by atoms with Gasteiger partial charge in [-0.05, 0) is 12.0 Å². The van der Waals surface area contributed by atoms with E-state index in [1.165, 1.54) is 0 Å². The summed E-state index contributed by atoms with van der Waals surface area (Å²) in [6, 6.07) is 0. The second kappa shape index (κ2) is 2.56. The van der Waals surface area contributed by atoms with Crippen LogP contribution in [0.15, 0.2) is 0 Å². The first kappa shape index (κ1) is 6.87. The lowest BCUT2D eigenvalue weighted by molar-refractivity contribution is -1.27. The Morgan fingerprint density at radius 3 is 2.56 bits per heavy atom. The van der Waals surface area contributed by atoms with Gasteiger partial charge in [0.15, 0.2) is 6.54 Å². The number of nitrogens with one attached hydrogen (secondary N) is 3. The monoisotopic (exact) mass is 135 g/mol. The molecule has 1 rings (SSSR count). The van der Waals surface area contributed by atoms with Crippen molar-refractivity contribution in [2.45, 2.75) is 6.17 Å². The summed E-state index contributed by atoms with van der Waals surface area (Å²) in [6.07, 6.45) is -0.419. The van der Waals surface area contributed by atoms with E-state index in [0.29, 0.717) is 0 Å². The Bertz CT molecular complexity index is 100. The van der Waals surface area contributed by atoms with Crippen LogP contribution in [0.4, 0.5) is 0 Å². The van der Waals surface area contributed by atoms with Crippen molar-refractivity contribution in [1.82, 2.24) is 5.32 Å². The molecule has 0 radical (unpaired) electrons. The van der Waals surface area contributed by atoms with Gasteiger partial charge in [-0.3, -0.25) is 5.32 Å². The molecule has 0 aromatic rings. The van der Waals surface area contributed by atoms with Crippen molar-refractivity contribution < 1.29 is 15.4 Å². The van der Waals surface area contributed by atoms with Gasteiger partial charge in [-0.25, -0.2) is 0 Å². The molecule has 0 aromatic heterocycles. The Balaban J connectivity index is 2.38. The van der Waals surface area contributed by atoms with Crippen molar-refractivity contribution in [2.75, 3.05) is 13.6 Å². The second-order valence-corrected chi connectivity index (χ2v) is 1.84. The van der Waals surface area contributed by atoms with Crippen LogP contribution >= 0.6 is 0 Å². The molecule has 6 nitrogen and oxygen atoms in total. The Hall–Kier alpha value is -0.240. The first-order valence-corrected chi connectivity index (χ1v) is 2.66. The molecule has 0 spiro atoms. The van der Waals surface area contributed by atoms with Crippen LogP contribution in [0.25, 0.3) is 0 Å². The van der Waals surface area contributed by atoms with Gasteiger partial charge in [0.1, 0.15) is 0 Å². The van der Waals surface area contributed by atoms with Gasteiger partial charge >= 0.3 is 0 Å². The third-order valence-corrected chi connectivity index (χ3v) is 1.22. The van der Waals surface area contributed by atoms with Crippen LogP contribution in [0.5, 0.6) is 0 Å². The summed E-state index contributed by atoms with van der Waals surface area (Å²) >= 11 is 0. The zero-order chi connectivity index (χ0) is 6.85. The minimum atomic E-state index is -0.470. The van der Waals surface area contributed by atoms with Crippen LogP contribution < -0.4 is 15.8 Å². The lowest BCUT2D eigenvalue weighted by Gasteiger charge is -2.14. The van der Waals surface area contributed by atoms with Crippen LogP contribution in [-0.2, 0) is 4.94 Å². The SMILES string of the molecule is CNC1C[NH+]([O-])O[NH+]1[O-]. The molecular weight excluding hydrogens is 126 g/mol. The van der Waals surface area contributed by atoms with Crippen molar-refractivity contribution in [3.05, 3.63) is 10.4 Å². The summed E-state index contributed by atoms with van der Waals surface area (Å²) in [5, 5.41) is 22.6. The highest BCUT2D eigenvalue weighted by Gasteiger charge is 2.29. The molecule has 0 saturated carbocycles. The van der Waals surface area contributed by atoms with Crippen molar-refractivity contribution in [3.63, 3.8) is 0 Å². The van der Waals surface area contributed by atoms with Crippen molar-refractivity contribution in [1.29, 1.82) is 0 Å². The lowest BCUT2D eigenvalue weighted by atomic mass is 10.5. The summed E-state index contributed by atoms with van der Waals surface area (Å²) < 4.78 is 0. The zero-order valence-electron chi connectivity index (χ0n) is 5.01. The quantitative estimate of drug-likeness (QED) is 0.322. The van der Waals surface area contributed by atoms with Gasteiger partial charge in [-0.1, -0.05) is 0 Å². The average Bonchev–Trinajstić information content (AvgIpc) is 2.10. The molecule has 6 heteroatoms. The molecular formula is C3H9N3O3. The number of hydrogen-bond donors (Lipinski definition) is 3. The van der Waals surface area contributed by atoms with Gasteiger partial charge < -0.3 is 10.4 Å². The Labute approximate surface area is 52.1 Å². The first-order valence-electron chi connectivity index (χ1n) is 2.66. The predicted octanol–water partition coefficient (Wildman–Crippen LogP) is -3.84. The summed E-state index contributed by atoms with van der Waals surface area (Å²) in [5.41, 5.74) is 0. The molecule has 0 aliphatic carbocycles. The molecule has 1 saturated heterocycles. The highest BCUT2D eigenvalue weighted by Crippen LogP contribution is 1.66. The molecule has 3 atom stereocenters. The predicted molar refractivity (Wildman–Crippen MR) is 27.5 cm³/mol. The van der Waals surface area contributed by atoms with Gasteiger partial charge in [-0.15, -0.1) is 5.23 Å². The summed E-state index contributed by atoms with van der Waals surface area (Å²) in [7, 11) is 1.62. The molecule has 0 amide bonds. The fraction of sp³-hybridized carbons (Fsp3) is 1.00. The zero-order valence-corrected chi connectivity index (χ0v) is 5.01. The topological polar surface area (TPSA) is 76.3 Å². The standard InChI is InChI=1S/C3H9N3O3/c1-4-3-2-5(7)9-6(3)8/h3-6H,2H2,1H3. The molecule has 9 heavy (non-hydrogen) atoms. The second-order valence-electron chi connectivity index (χ2n) is 1.84. The van der Waals surface area contributed by atoms with Gasteiger partial charge in [0, 0.05) is 0 Å². The maximum atomic E-state index is 10.5. The third kappa shape index (κ3) is 1.36. The normalized spacial score (nSPS) is 43.7. The van der Waals surface area contributed by atoms with Gasteiger partial charge in [0.05, 0.1) is 0 Å². The number of rotatable bonds is 1. The minimum Gasteiger partial charge on any atom is -0.595 e. The lowest BCUT2D eigenvalue weighted by Crippen LogP contribution is -3.18. The molecule has 0 aromatic carbocycles. The fourth-order valence-corrected chi connectivity index (χ4v) is 0.695. The van der Waals surface area contributed by atoms with E-state index in [2.05, 4.69) is 10.3 Å². The number of likely N-dealkylation sites (N-methyl/N-ethyl adjacent to an activating group) is 1. The van der Waals surface area contributed by atoms with E-state index in [1.807, 2.05) is 0 Å². The molecule has 54 valence electrons. The van der Waals surface area contributed by atoms with E-state index in [0.717, 1.165) is 0 Å². The van der Waals surface area contributed by atoms with Crippen LogP contribution in [0.1, 0.15) is 0 Å². The van der Waals surface area contributed by atoms with E-state index in [1.54, 1.807) is 7.05 Å². The van der Waals surface area contributed by atoms with Crippen molar-refractivity contribution in [3.8, 4) is 0 Å². The fourth-order valence-electron chi connectivity index (χ4n) is 0.695. The number of hydroxylamine groups is 4. The maximum absolute atomic E-state index is 10.5. The molecule has 0 bridgehead atoms. The van der Waals surface area contributed by atoms with Crippen LogP contribution in [0.3, 0.4) is 0 Å². The van der Waals surface area contributed by atoms with Crippen LogP contribution in [0, 0.1) is 10.4 Å². The first-order chi connectivity index (χ1) is 4.24. The van der Waals surface area contributed by atoms with Gasteiger partial charge in [-0.2, -0.15) is 5.23 Å². The summed E-state index contributed by atoms with van der Waals surface area (Å²) in [4.78, 5) is 4.22. The molecule has 1 aliphatic heterocycles. The molecule has 3 N–H and O–H groups in total. The van der Waals surface area contributed by atoms with E-state index in [9.17, 15) is 10.4 Å². The molecule has 3 unspecified atom stereocenters. The van der Waals surface area contributed by atoms with E-state index >= 15 is 0 Å². The number of quaternary nitrogens is 2. The maximum Gasteiger partial charge on any atom is 0.229 e. The Morgan fingerprint density at radius 1 is 1.67 bits per heavy atom. The molecule has 1 fully saturated rings. The molecule has 1 heterocycles. The van der Waals surface area contributed by atoms with Crippen molar-refractivity contribution in [2.24, 2.45) is 0 Å². The van der Waals surface area contributed by atoms with Gasteiger partial charge in [0.2, 0.25) is 6.17 Å². The van der Waals surface area contributed by atoms with Gasteiger partial charge in [0.25, 0.3) is 0 Å². The van der Waals surface area contributed by atoms with E-state index < -0.39 is 16.6 Å². The Kier molecular flexibility index (Phi) is 1.96. The highest BCUT2D eigenvalue weighted by atomic mass is 17.1. The summed E-state index contributed by atoms with van der Waals surface area (Å²) in [6.45, 7) is 0.162. The number of hydrogen-bond acceptors (Lipinski definition) is 4. The average molecular weight is 135 g/mol. The highest BCUT2D eigenvalue weighted by molar-refractivity contribution is 4.43.